The number of H-pyrrole nitrogens is 2. The van der Waals surface area contributed by atoms with Crippen LogP contribution in [0.3, 0.4) is 0 Å². The number of ketones is 2. The second-order valence-corrected chi connectivity index (χ2v) is 41.0. The molecule has 7 heterocycles. The third-order valence-corrected chi connectivity index (χ3v) is 32.8. The molecular formula is C98H102B2F10N4O14. The summed E-state index contributed by atoms with van der Waals surface area (Å²) in [5.41, 5.74) is -13.8. The molecule has 0 radical (unpaired) electrons. The first-order chi connectivity index (χ1) is 60.2. The highest BCUT2D eigenvalue weighted by molar-refractivity contribution is 6.62. The number of nitrogens with one attached hydrogen (secondary N) is 2. The predicted octanol–water partition coefficient (Wildman–Crippen LogP) is 16.0. The van der Waals surface area contributed by atoms with Crippen molar-refractivity contribution >= 4 is 83.1 Å². The summed E-state index contributed by atoms with van der Waals surface area (Å²) in [5, 5.41) is 93.0. The monoisotopic (exact) mass is 1770 g/mol. The molecule has 3 aromatic heterocycles. The van der Waals surface area contributed by atoms with E-state index in [4.69, 9.17) is 28.6 Å². The van der Waals surface area contributed by atoms with Crippen molar-refractivity contribution in [2.24, 2.45) is 57.2 Å². The van der Waals surface area contributed by atoms with Crippen molar-refractivity contribution in [3.05, 3.63) is 177 Å². The number of aromatic amines is 2. The summed E-state index contributed by atoms with van der Waals surface area (Å²) >= 11 is 0. The first-order valence-corrected chi connectivity index (χ1v) is 44.4. The number of carbonyl (C=O) groups excluding carboxylic acids is 2. The molecule has 18 nitrogen and oxygen atoms in total. The summed E-state index contributed by atoms with van der Waals surface area (Å²) in [7, 11) is -2.27. The molecule has 20 atom stereocenters. The zero-order valence-corrected chi connectivity index (χ0v) is 72.5. The van der Waals surface area contributed by atoms with Crippen LogP contribution in [0.5, 0.6) is 0 Å². The largest absolute Gasteiger partial charge is 0.494 e. The third-order valence-electron chi connectivity index (χ3n) is 32.8. The van der Waals surface area contributed by atoms with E-state index in [-0.39, 0.29) is 155 Å². The smallest absolute Gasteiger partial charge is 0.402 e. The van der Waals surface area contributed by atoms with Gasteiger partial charge in [-0.1, -0.05) is 76.2 Å². The minimum atomic E-state index is -2.45. The van der Waals surface area contributed by atoms with E-state index in [0.29, 0.717) is 60.6 Å². The lowest BCUT2D eigenvalue weighted by Gasteiger charge is -2.61. The number of halogens is 10. The van der Waals surface area contributed by atoms with Gasteiger partial charge >= 0.3 is 14.2 Å². The van der Waals surface area contributed by atoms with E-state index in [1.165, 1.54) is 48.6 Å². The number of aliphatic hydroxyl groups is 8. The van der Waals surface area contributed by atoms with E-state index in [0.717, 1.165) is 0 Å². The molecule has 0 spiro atoms. The lowest BCUT2D eigenvalue weighted by molar-refractivity contribution is -0.160. The normalized spacial score (nSPS) is 34.3. The number of fused-ring (bicyclic) bond motifs is 18. The van der Waals surface area contributed by atoms with Crippen molar-refractivity contribution < 1.29 is 113 Å². The van der Waals surface area contributed by atoms with Crippen LogP contribution < -0.4 is 10.9 Å². The van der Waals surface area contributed by atoms with E-state index in [1.54, 1.807) is 88.4 Å². The summed E-state index contributed by atoms with van der Waals surface area (Å²) in [6, 6.07) is 18.5. The number of hydrogen-bond acceptors (Lipinski definition) is 16. The van der Waals surface area contributed by atoms with Crippen LogP contribution in [0, 0.1) is 115 Å². The van der Waals surface area contributed by atoms with E-state index in [2.05, 4.69) is 9.97 Å². The fourth-order valence-corrected chi connectivity index (χ4v) is 26.0. The van der Waals surface area contributed by atoms with E-state index in [1.807, 2.05) is 41.5 Å². The molecule has 674 valence electrons. The fourth-order valence-electron chi connectivity index (χ4n) is 26.0. The SMILES string of the molecule is CC(C)(O)CC[C@H]1OB(c2ccc(-c3c4nc(c(-c5c(F)c(F)c(F)c(F)c5F)c5ccc([nH]5)c(-c5ccc(B6O[C@H](CCC(C)(C)O)[C@@](C)(C7CC[C@@]8(O)C9=CC(=O)[C@@H]%10C[C@@H](O)[C@@H](O)C[C@]%10(C)[C@H]9CC[C@]78C)O6)cc5)c5nc(c(-c6c(F)c(F)c(F)c(F)c6F)c6ccc3[nH]6)C=C5)C=C4)cc2)O[C@]1(C)C1CC[C@@]2(O)C3=CC(=O)[C@@H]4C[C@@H](O)[C@@H](O)C[C@]4(C)[C@H]3CC[C@]12C. The van der Waals surface area contributed by atoms with Crippen LogP contribution in [-0.2, 0) is 28.2 Å². The van der Waals surface area contributed by atoms with Crippen LogP contribution in [-0.4, -0.2) is 157 Å². The number of carbonyl (C=O) groups is 2. The second-order valence-electron chi connectivity index (χ2n) is 41.0. The Hall–Kier alpha value is -8.75. The summed E-state index contributed by atoms with van der Waals surface area (Å²) in [6.07, 6.45) is 7.78. The molecule has 8 bridgehead atoms. The van der Waals surface area contributed by atoms with Gasteiger partial charge in [0.25, 0.3) is 0 Å². The van der Waals surface area contributed by atoms with Gasteiger partial charge in [-0.2, -0.15) is 0 Å². The third kappa shape index (κ3) is 13.3. The highest BCUT2D eigenvalue weighted by Crippen LogP contribution is 2.72. The summed E-state index contributed by atoms with van der Waals surface area (Å²) in [4.78, 5) is 44.6. The lowest BCUT2D eigenvalue weighted by Crippen LogP contribution is -2.62. The van der Waals surface area contributed by atoms with Crippen LogP contribution in [0.2, 0.25) is 0 Å². The zero-order valence-electron chi connectivity index (χ0n) is 72.5. The molecule has 2 unspecified atom stereocenters. The van der Waals surface area contributed by atoms with Gasteiger partial charge in [-0.3, -0.25) is 9.59 Å². The highest BCUT2D eigenvalue weighted by atomic mass is 19.2. The Kier molecular flexibility index (Phi) is 21.0. The Morgan fingerprint density at radius 2 is 0.727 bits per heavy atom. The first kappa shape index (κ1) is 88.5. The number of aliphatic hydroxyl groups excluding tert-OH is 4. The first-order valence-electron chi connectivity index (χ1n) is 44.4. The Bertz CT molecular complexity index is 5730. The minimum absolute atomic E-state index is 0.0161. The molecule has 0 amide bonds. The van der Waals surface area contributed by atoms with Crippen LogP contribution >= 0.6 is 0 Å². The molecule has 30 heteroatoms. The van der Waals surface area contributed by atoms with E-state index < -0.39 is 210 Å². The number of rotatable bonds is 14. The van der Waals surface area contributed by atoms with Gasteiger partial charge in [-0.15, -0.1) is 0 Å². The molecule has 4 aliphatic heterocycles. The highest BCUT2D eigenvalue weighted by Gasteiger charge is 2.74. The summed E-state index contributed by atoms with van der Waals surface area (Å²) in [5.74, 6) is -25.9. The topological polar surface area (TPSA) is 290 Å². The zero-order chi connectivity index (χ0) is 91.3. The molecule has 8 fully saturated rings. The van der Waals surface area contributed by atoms with Crippen LogP contribution in [0.4, 0.5) is 43.9 Å². The number of allylic oxidation sites excluding steroid dienone is 2. The van der Waals surface area contributed by atoms with Crippen molar-refractivity contribution in [3.8, 4) is 44.5 Å². The maximum absolute atomic E-state index is 17.0. The van der Waals surface area contributed by atoms with Crippen molar-refractivity contribution in [3.63, 3.8) is 0 Å². The summed E-state index contributed by atoms with van der Waals surface area (Å²) < 4.78 is 191. The number of hydrogen-bond donors (Lipinski definition) is 10. The van der Waals surface area contributed by atoms with Gasteiger partial charge in [-0.25, -0.2) is 53.9 Å². The molecular weight excluding hydrogens is 1670 g/mol. The van der Waals surface area contributed by atoms with Crippen molar-refractivity contribution in [1.29, 1.82) is 0 Å². The van der Waals surface area contributed by atoms with Crippen molar-refractivity contribution in [2.75, 3.05) is 0 Å². The molecule has 10 N–H and O–H groups in total. The van der Waals surface area contributed by atoms with Crippen molar-refractivity contribution in [1.82, 2.24) is 19.9 Å². The van der Waals surface area contributed by atoms with Gasteiger partial charge in [-0.05, 0) is 273 Å². The van der Waals surface area contributed by atoms with E-state index in [9.17, 15) is 50.4 Å². The molecule has 12 aliphatic rings. The average molecular weight is 1770 g/mol. The van der Waals surface area contributed by atoms with E-state index >= 15 is 43.9 Å². The van der Waals surface area contributed by atoms with Gasteiger partial charge in [0.1, 0.15) is 0 Å². The van der Waals surface area contributed by atoms with Gasteiger partial charge in [0, 0.05) is 67.0 Å². The molecule has 8 aliphatic carbocycles. The maximum atomic E-state index is 17.0. The fraction of sp³-hybridized carbons (Fsp3) is 0.490. The second kappa shape index (κ2) is 30.4. The number of aromatic nitrogens is 4. The minimum Gasteiger partial charge on any atom is -0.402 e. The number of nitrogens with zero attached hydrogens (tertiary/aromatic N) is 2. The number of benzene rings is 4. The van der Waals surface area contributed by atoms with Crippen molar-refractivity contribution in [2.45, 2.75) is 242 Å². The molecule has 6 saturated carbocycles. The van der Waals surface area contributed by atoms with Gasteiger partial charge in [0.15, 0.2) is 58.1 Å². The standard InChI is InChI=1S/C98H102B2F10N4O14/c1-89(2,121)33-31-71-95(9,69-29-37-97(123)51-39-63(115)53-41-65(117)67(119)43-91(53,5)49(51)27-35-93(69,97)7)127-99(125-71)47-15-11-45(12-16-47)73-55-19-23-59(111-55)75(77-79(101)83(105)87(109)84(106)80(77)102)61-25-21-57(113-61)74(58-22-26-62(114-58)76(60-24-20-56(73)112-60)78-81(103)85(107)88(110)86(108)82(78)104)46-13-17-48(18-14-46)100-126-72(32-34-90(3,4)122)96(10,128-100)70-30-38-98(124)52-40-64(116)54-42-66(118)68(120)44-92(54,6)50(52)28-36-94(70,98)8/h11-26,39-40,49-50,53-54,65-72,111,114,117-124H,27-38,41-44H2,1-10H3/t49-,50-,53-,54-,65+,66+,67-,68-,69?,70?,71+,72+,91+,92+,93+,94+,95+,96+,97+,98+/m0/s1. The molecule has 4 aromatic carbocycles. The van der Waals surface area contributed by atoms with Crippen LogP contribution in [0.25, 0.3) is 90.9 Å². The maximum Gasteiger partial charge on any atom is 0.494 e. The lowest BCUT2D eigenvalue weighted by atomic mass is 9.45. The van der Waals surface area contributed by atoms with Crippen LogP contribution in [0.15, 0.2) is 96.1 Å². The average Bonchev–Trinajstić information content (AvgIpc) is 1.43. The quantitative estimate of drug-likeness (QED) is 0.0210. The molecule has 128 heavy (non-hydrogen) atoms. The summed E-state index contributed by atoms with van der Waals surface area (Å²) in [6.45, 7) is 18.5. The Morgan fingerprint density at radius 1 is 0.414 bits per heavy atom. The Labute approximate surface area is 733 Å². The predicted molar refractivity (Wildman–Crippen MR) is 460 cm³/mol. The van der Waals surface area contributed by atoms with Gasteiger partial charge in [0.05, 0.1) is 104 Å². The van der Waals surface area contributed by atoms with Crippen LogP contribution in [0.1, 0.15) is 195 Å². The molecule has 7 aromatic rings. The van der Waals surface area contributed by atoms with Gasteiger partial charge in [0.2, 0.25) is 11.6 Å². The Morgan fingerprint density at radius 3 is 1.05 bits per heavy atom. The van der Waals surface area contributed by atoms with Gasteiger partial charge < -0.3 is 69.4 Å². The molecule has 19 rings (SSSR count). The Balaban J connectivity index is 0.728. The molecule has 2 saturated heterocycles.